The van der Waals surface area contributed by atoms with Gasteiger partial charge in [0.1, 0.15) is 0 Å². The molecular weight excluding hydrogens is 420 g/mol. The van der Waals surface area contributed by atoms with Gasteiger partial charge in [-0.1, -0.05) is 24.3 Å². The first-order valence-electron chi connectivity index (χ1n) is 9.93. The second-order valence-corrected chi connectivity index (χ2v) is 8.31. The normalized spacial score (nSPS) is 14.1. The highest BCUT2D eigenvalue weighted by molar-refractivity contribution is 7.10. The fourth-order valence-electron chi connectivity index (χ4n) is 3.59. The van der Waals surface area contributed by atoms with Crippen molar-refractivity contribution in [3.05, 3.63) is 82.1 Å². The van der Waals surface area contributed by atoms with Crippen molar-refractivity contribution in [1.29, 1.82) is 0 Å². The van der Waals surface area contributed by atoms with Crippen molar-refractivity contribution in [2.45, 2.75) is 19.4 Å². The number of benzene rings is 2. The van der Waals surface area contributed by atoms with Gasteiger partial charge in [-0.15, -0.1) is 11.3 Å². The molecule has 1 N–H and O–H groups in total. The molecule has 0 spiro atoms. The minimum Gasteiger partial charge on any atom is -0.324 e. The molecule has 0 radical (unpaired) electrons. The second-order valence-electron chi connectivity index (χ2n) is 7.28. The molecule has 0 saturated carbocycles. The van der Waals surface area contributed by atoms with Crippen molar-refractivity contribution in [3.63, 3.8) is 0 Å². The molecule has 2 aromatic carbocycles. The Labute approximate surface area is 182 Å². The largest absolute Gasteiger partial charge is 0.324 e. The Morgan fingerprint density at radius 1 is 1.03 bits per heavy atom. The summed E-state index contributed by atoms with van der Waals surface area (Å²) in [5.41, 5.74) is 1.70. The van der Waals surface area contributed by atoms with Gasteiger partial charge in [-0.3, -0.25) is 9.69 Å². The standard InChI is InChI=1S/C23H21F2N3O2S/c24-18-9-8-16(13-19(18)25)15-27-10-4-11-28(23(27)30)21-7-2-1-6-20(21)26-22(29)14-17-5-3-12-31-17/h1-3,5-9,12-13H,4,10-11,14-15H2,(H,26,29). The Hall–Kier alpha value is -3.26. The minimum atomic E-state index is -0.933. The molecule has 1 aromatic heterocycles. The summed E-state index contributed by atoms with van der Waals surface area (Å²) in [6.45, 7) is 1.20. The molecule has 3 aromatic rings. The predicted molar refractivity (Wildman–Crippen MR) is 117 cm³/mol. The molecule has 160 valence electrons. The summed E-state index contributed by atoms with van der Waals surface area (Å²) in [6.07, 6.45) is 0.981. The third-order valence-electron chi connectivity index (χ3n) is 5.05. The number of halogens is 2. The number of thiophene rings is 1. The van der Waals surface area contributed by atoms with Crippen molar-refractivity contribution < 1.29 is 18.4 Å². The van der Waals surface area contributed by atoms with Crippen LogP contribution < -0.4 is 10.2 Å². The van der Waals surface area contributed by atoms with Gasteiger partial charge in [-0.25, -0.2) is 13.6 Å². The molecule has 1 aliphatic heterocycles. The third-order valence-corrected chi connectivity index (χ3v) is 5.93. The predicted octanol–water partition coefficient (Wildman–Crippen LogP) is 5.04. The Morgan fingerprint density at radius 3 is 2.65 bits per heavy atom. The molecule has 0 atom stereocenters. The van der Waals surface area contributed by atoms with Crippen molar-refractivity contribution in [2.75, 3.05) is 23.3 Å². The minimum absolute atomic E-state index is 0.155. The zero-order valence-corrected chi connectivity index (χ0v) is 17.5. The zero-order valence-electron chi connectivity index (χ0n) is 16.7. The number of carbonyl (C=O) groups is 2. The molecule has 5 nitrogen and oxygen atoms in total. The van der Waals surface area contributed by atoms with E-state index in [9.17, 15) is 18.4 Å². The summed E-state index contributed by atoms with van der Waals surface area (Å²) >= 11 is 1.52. The van der Waals surface area contributed by atoms with E-state index in [1.807, 2.05) is 23.6 Å². The van der Waals surface area contributed by atoms with Crippen LogP contribution in [0.3, 0.4) is 0 Å². The maximum atomic E-state index is 13.6. The van der Waals surface area contributed by atoms with Crippen molar-refractivity contribution >= 4 is 34.6 Å². The summed E-state index contributed by atoms with van der Waals surface area (Å²) < 4.78 is 26.8. The number of hydrogen-bond donors (Lipinski definition) is 1. The van der Waals surface area contributed by atoms with Gasteiger partial charge in [-0.05, 0) is 47.7 Å². The molecule has 4 rings (SSSR count). The molecule has 2 heterocycles. The van der Waals surface area contributed by atoms with Crippen molar-refractivity contribution in [1.82, 2.24) is 4.90 Å². The fourth-order valence-corrected chi connectivity index (χ4v) is 4.29. The molecule has 3 amide bonds. The molecular formula is C23H21F2N3O2S. The summed E-state index contributed by atoms with van der Waals surface area (Å²) in [5, 5.41) is 4.83. The van der Waals surface area contributed by atoms with E-state index in [1.165, 1.54) is 17.4 Å². The number of para-hydroxylation sites is 2. The SMILES string of the molecule is O=C(Cc1cccs1)Nc1ccccc1N1CCCN(Cc2ccc(F)c(F)c2)C1=O. The maximum absolute atomic E-state index is 13.6. The average Bonchev–Trinajstić information content (AvgIpc) is 3.26. The Bertz CT molecular complexity index is 1090. The first-order chi connectivity index (χ1) is 15.0. The number of hydrogen-bond acceptors (Lipinski definition) is 3. The van der Waals surface area contributed by atoms with E-state index >= 15 is 0 Å². The lowest BCUT2D eigenvalue weighted by Gasteiger charge is -2.36. The highest BCUT2D eigenvalue weighted by atomic mass is 32.1. The average molecular weight is 442 g/mol. The fraction of sp³-hybridized carbons (Fsp3) is 0.217. The molecule has 8 heteroatoms. The van der Waals surface area contributed by atoms with Gasteiger partial charge in [0, 0.05) is 24.5 Å². The number of urea groups is 1. The lowest BCUT2D eigenvalue weighted by Crippen LogP contribution is -2.49. The van der Waals surface area contributed by atoms with Crippen LogP contribution in [0.15, 0.2) is 60.0 Å². The highest BCUT2D eigenvalue weighted by Gasteiger charge is 2.28. The molecule has 0 bridgehead atoms. The van der Waals surface area contributed by atoms with E-state index in [1.54, 1.807) is 28.0 Å². The van der Waals surface area contributed by atoms with Crippen LogP contribution in [-0.4, -0.2) is 29.9 Å². The van der Waals surface area contributed by atoms with Crippen molar-refractivity contribution in [3.8, 4) is 0 Å². The van der Waals surface area contributed by atoms with Gasteiger partial charge >= 0.3 is 6.03 Å². The van der Waals surface area contributed by atoms with Gasteiger partial charge < -0.3 is 10.2 Å². The van der Waals surface area contributed by atoms with E-state index in [2.05, 4.69) is 5.32 Å². The monoisotopic (exact) mass is 441 g/mol. The number of rotatable bonds is 6. The molecule has 0 unspecified atom stereocenters. The van der Waals surface area contributed by atoms with Crippen LogP contribution in [0.1, 0.15) is 16.9 Å². The summed E-state index contributed by atoms with van der Waals surface area (Å²) in [6, 6.07) is 14.4. The van der Waals surface area contributed by atoms with E-state index in [0.717, 1.165) is 17.0 Å². The van der Waals surface area contributed by atoms with Crippen LogP contribution >= 0.6 is 11.3 Å². The molecule has 1 aliphatic rings. The van der Waals surface area contributed by atoms with E-state index in [-0.39, 0.29) is 24.9 Å². The lowest BCUT2D eigenvalue weighted by atomic mass is 10.1. The van der Waals surface area contributed by atoms with Crippen LogP contribution in [0.5, 0.6) is 0 Å². The quantitative estimate of drug-likeness (QED) is 0.583. The van der Waals surface area contributed by atoms with Crippen molar-refractivity contribution in [2.24, 2.45) is 0 Å². The van der Waals surface area contributed by atoms with Gasteiger partial charge in [0.2, 0.25) is 5.91 Å². The van der Waals surface area contributed by atoms with Crippen LogP contribution in [-0.2, 0) is 17.8 Å². The number of nitrogens with zero attached hydrogens (tertiary/aromatic N) is 2. The van der Waals surface area contributed by atoms with Gasteiger partial charge in [0.05, 0.1) is 17.8 Å². The first kappa shape index (κ1) is 21.0. The summed E-state index contributed by atoms with van der Waals surface area (Å²) in [7, 11) is 0. The van der Waals surface area contributed by atoms with E-state index in [4.69, 9.17) is 0 Å². The number of anilines is 2. The third kappa shape index (κ3) is 4.91. The molecule has 31 heavy (non-hydrogen) atoms. The van der Waals surface area contributed by atoms with Gasteiger partial charge in [0.15, 0.2) is 11.6 Å². The Morgan fingerprint density at radius 2 is 1.87 bits per heavy atom. The number of carbonyl (C=O) groups excluding carboxylic acids is 2. The topological polar surface area (TPSA) is 52.7 Å². The second kappa shape index (κ2) is 9.26. The highest BCUT2D eigenvalue weighted by Crippen LogP contribution is 2.29. The Kier molecular flexibility index (Phi) is 6.27. The van der Waals surface area contributed by atoms with Crippen LogP contribution in [0.2, 0.25) is 0 Å². The van der Waals surface area contributed by atoms with Gasteiger partial charge in [0.25, 0.3) is 0 Å². The van der Waals surface area contributed by atoms with Crippen LogP contribution in [0, 0.1) is 11.6 Å². The van der Waals surface area contributed by atoms with Gasteiger partial charge in [-0.2, -0.15) is 0 Å². The molecule has 0 aliphatic carbocycles. The maximum Gasteiger partial charge on any atom is 0.324 e. The number of nitrogens with one attached hydrogen (secondary N) is 1. The van der Waals surface area contributed by atoms with E-state index in [0.29, 0.717) is 36.4 Å². The number of amides is 3. The van der Waals surface area contributed by atoms with E-state index < -0.39 is 11.6 Å². The van der Waals surface area contributed by atoms with Crippen LogP contribution in [0.4, 0.5) is 25.0 Å². The molecule has 1 fully saturated rings. The smallest absolute Gasteiger partial charge is 0.324 e. The lowest BCUT2D eigenvalue weighted by molar-refractivity contribution is -0.115. The zero-order chi connectivity index (χ0) is 21.8. The first-order valence-corrected chi connectivity index (χ1v) is 10.8. The summed E-state index contributed by atoms with van der Waals surface area (Å²) in [4.78, 5) is 29.8. The van der Waals surface area contributed by atoms with Crippen LogP contribution in [0.25, 0.3) is 0 Å². The molecule has 1 saturated heterocycles. The Balaban J connectivity index is 1.50. The summed E-state index contributed by atoms with van der Waals surface area (Å²) in [5.74, 6) is -2.00.